The summed E-state index contributed by atoms with van der Waals surface area (Å²) in [5.41, 5.74) is 9.02. The maximum Gasteiger partial charge on any atom is 0.134 e. The number of hydrogen-bond donors (Lipinski definition) is 0. The lowest BCUT2D eigenvalue weighted by Gasteiger charge is -2.14. The van der Waals surface area contributed by atoms with E-state index >= 15 is 0 Å². The lowest BCUT2D eigenvalue weighted by molar-refractivity contribution is 0.270. The predicted molar refractivity (Wildman–Crippen MR) is 439 cm³/mol. The summed E-state index contributed by atoms with van der Waals surface area (Å²) < 4.78 is 130. The molecule has 0 fully saturated rings. The van der Waals surface area contributed by atoms with Gasteiger partial charge in [0.25, 0.3) is 0 Å². The number of ether oxygens (including phenoxy) is 21. The number of methoxy groups -OCH3 is 12. The molecule has 0 amide bonds. The van der Waals surface area contributed by atoms with E-state index in [-0.39, 0.29) is 79.1 Å². The highest BCUT2D eigenvalue weighted by Crippen LogP contribution is 2.36. The second-order valence-corrected chi connectivity index (χ2v) is 27.2. The van der Waals surface area contributed by atoms with E-state index in [2.05, 4.69) is 30.9 Å². The van der Waals surface area contributed by atoms with Crippen molar-refractivity contribution in [1.29, 1.82) is 0 Å². The van der Waals surface area contributed by atoms with Crippen molar-refractivity contribution in [2.24, 2.45) is 0 Å². The molecule has 0 saturated heterocycles. The van der Waals surface area contributed by atoms with Crippen molar-refractivity contribution in [2.45, 2.75) is 79.1 Å². The molecular weight excluding hydrogens is 1540 g/mol. The zero-order valence-electron chi connectivity index (χ0n) is 68.6. The first-order valence-electron chi connectivity index (χ1n) is 37.8. The highest BCUT2D eigenvalue weighted by atomic mass is 16.5. The summed E-state index contributed by atoms with van der Waals surface area (Å²) in [5, 5.41) is 27.1. The van der Waals surface area contributed by atoms with Crippen molar-refractivity contribution in [3.05, 3.63) is 268 Å². The van der Waals surface area contributed by atoms with Crippen molar-refractivity contribution in [3.63, 3.8) is 0 Å². The van der Waals surface area contributed by atoms with E-state index < -0.39 is 0 Å². The Balaban J connectivity index is 0.737. The lowest BCUT2D eigenvalue weighted by atomic mass is 10.2. The molecule has 0 saturated carbocycles. The third-order valence-corrected chi connectivity index (χ3v) is 18.5. The number of rotatable bonds is 45. The summed E-state index contributed by atoms with van der Waals surface area (Å²) in [7, 11) is 19.2. The first-order valence-corrected chi connectivity index (χ1v) is 37.8. The van der Waals surface area contributed by atoms with Gasteiger partial charge < -0.3 is 99.5 Å². The fourth-order valence-corrected chi connectivity index (χ4v) is 12.6. The standard InChI is InChI=1S/C90H93N9O21/c1-100-70-19-61(20-71(31-70)101-2)49-112-82-13-58(14-83(37-82)113-50-62-21-72(102-3)32-73(22-62)103-4)43-97-46-67(91-94-97)55-118-88-40-89(119-56-68-47-98(95-92-68)44-59-15-84(114-51-63-23-74(104-5)33-75(24-63)105-6)38-85(16-59)115-52-64-25-76(106-7)34-77(26-64)107-8)42-90(41-88)120-57-69-48-99(96-93-69)45-60-17-86(116-53-65-27-78(108-9)35-79(28-65)109-10)39-87(18-60)117-54-66-29-80(110-11)36-81(30-66)111-12/h13-42,46-48H,43-45,49-57H2,1-12H3. The summed E-state index contributed by atoms with van der Waals surface area (Å²) in [6.45, 7) is 2.11. The van der Waals surface area contributed by atoms with Gasteiger partial charge in [-0.1, -0.05) is 15.6 Å². The number of nitrogens with zero attached hydrogens (tertiary/aromatic N) is 9. The monoisotopic (exact) mass is 1640 g/mol. The van der Waals surface area contributed by atoms with Gasteiger partial charge in [0, 0.05) is 72.8 Å². The van der Waals surface area contributed by atoms with Crippen LogP contribution in [-0.4, -0.2) is 130 Å². The molecule has 0 aliphatic rings. The molecule has 624 valence electrons. The first-order chi connectivity index (χ1) is 58.6. The molecule has 0 atom stereocenters. The Labute approximate surface area is 694 Å². The van der Waals surface area contributed by atoms with Crippen LogP contribution in [0, 0.1) is 0 Å². The van der Waals surface area contributed by atoms with E-state index in [4.69, 9.17) is 99.5 Å². The van der Waals surface area contributed by atoms with Crippen LogP contribution in [0.25, 0.3) is 0 Å². The maximum absolute atomic E-state index is 6.52. The molecule has 0 spiro atoms. The molecule has 0 aliphatic heterocycles. The van der Waals surface area contributed by atoms with Crippen molar-refractivity contribution in [1.82, 2.24) is 45.0 Å². The summed E-state index contributed by atoms with van der Waals surface area (Å²) in [6.07, 6.45) is 5.41. The normalized spacial score (nSPS) is 10.9. The number of hydrogen-bond acceptors (Lipinski definition) is 27. The molecule has 0 N–H and O–H groups in total. The molecular formula is C90H93N9O21. The van der Waals surface area contributed by atoms with E-state index in [1.165, 1.54) is 0 Å². The van der Waals surface area contributed by atoms with Crippen LogP contribution in [0.5, 0.6) is 121 Å². The molecule has 0 aliphatic carbocycles. The average Bonchev–Trinajstić information content (AvgIpc) is 1.55. The van der Waals surface area contributed by atoms with Gasteiger partial charge in [-0.2, -0.15) is 0 Å². The molecule has 0 unspecified atom stereocenters. The first kappa shape index (κ1) is 83.4. The summed E-state index contributed by atoms with van der Waals surface area (Å²) >= 11 is 0. The van der Waals surface area contributed by atoms with Crippen LogP contribution in [0.3, 0.4) is 0 Å². The molecule has 0 bridgehead atoms. The third-order valence-electron chi connectivity index (χ3n) is 18.5. The van der Waals surface area contributed by atoms with Gasteiger partial charge in [0.1, 0.15) is 197 Å². The van der Waals surface area contributed by atoms with Crippen LogP contribution in [0.1, 0.15) is 67.2 Å². The predicted octanol–water partition coefficient (Wildman–Crippen LogP) is 14.9. The van der Waals surface area contributed by atoms with Gasteiger partial charge in [0.05, 0.1) is 124 Å². The molecule has 3 heterocycles. The highest BCUT2D eigenvalue weighted by molar-refractivity contribution is 5.48. The molecule has 30 heteroatoms. The molecule has 10 aromatic carbocycles. The van der Waals surface area contributed by atoms with Crippen molar-refractivity contribution < 1.29 is 99.5 Å². The molecule has 3 aromatic heterocycles. The van der Waals surface area contributed by atoms with Crippen LogP contribution in [0.4, 0.5) is 0 Å². The van der Waals surface area contributed by atoms with E-state index in [0.717, 1.165) is 50.1 Å². The molecule has 13 aromatic rings. The second-order valence-electron chi connectivity index (χ2n) is 27.2. The number of aromatic nitrogens is 9. The second kappa shape index (κ2) is 40.8. The Kier molecular flexibility index (Phi) is 28.4. The molecule has 120 heavy (non-hydrogen) atoms. The fraction of sp³-hybridized carbons (Fsp3) is 0.267. The summed E-state index contributed by atoms with van der Waals surface area (Å²) in [5.74, 6) is 12.1. The Hall–Kier alpha value is -14.6. The smallest absolute Gasteiger partial charge is 0.134 e. The molecule has 13 rings (SSSR count). The van der Waals surface area contributed by atoms with Crippen LogP contribution in [0.2, 0.25) is 0 Å². The Morgan fingerprint density at radius 3 is 0.458 bits per heavy atom. The minimum Gasteiger partial charge on any atom is -0.497 e. The summed E-state index contributed by atoms with van der Waals surface area (Å²) in [6, 6.07) is 55.8. The SMILES string of the molecule is COc1cc(COc2cc(Cn3cc(COc4cc(OCc5cn(Cc6cc(OCc7cc(OC)cc(OC)c7)cc(OCc7cc(OC)cc(OC)c7)c6)nn5)cc(OCc5cn(Cc6cc(OCc7cc(OC)cc(OC)c7)cc(OCc7cc(OC)cc(OC)c7)c6)nn5)c4)nn3)cc(OCc3cc(OC)cc(OC)c3)c2)cc(OC)c1. The minimum atomic E-state index is 0.00600. The highest BCUT2D eigenvalue weighted by Gasteiger charge is 2.18. The largest absolute Gasteiger partial charge is 0.497 e. The number of benzene rings is 10. The van der Waals surface area contributed by atoms with Gasteiger partial charge in [0.15, 0.2) is 0 Å². The third kappa shape index (κ3) is 23.8. The topological polar surface area (TPSA) is 286 Å². The Morgan fingerprint density at radius 1 is 0.167 bits per heavy atom. The van der Waals surface area contributed by atoms with Gasteiger partial charge in [-0.3, -0.25) is 0 Å². The zero-order chi connectivity index (χ0) is 83.7. The average molecular weight is 1640 g/mol. The quantitative estimate of drug-likeness (QED) is 0.0343. The Bertz CT molecular complexity index is 4670. The van der Waals surface area contributed by atoms with E-state index in [1.54, 1.807) is 173 Å². The van der Waals surface area contributed by atoms with Gasteiger partial charge >= 0.3 is 0 Å². The molecule has 30 nitrogen and oxygen atoms in total. The van der Waals surface area contributed by atoms with Crippen molar-refractivity contribution in [2.75, 3.05) is 85.3 Å². The van der Waals surface area contributed by atoms with Gasteiger partial charge in [0.2, 0.25) is 0 Å². The minimum absolute atomic E-state index is 0.00600. The maximum atomic E-state index is 6.52. The van der Waals surface area contributed by atoms with Gasteiger partial charge in [-0.25, -0.2) is 14.0 Å². The van der Waals surface area contributed by atoms with E-state index in [0.29, 0.717) is 138 Å². The Morgan fingerprint density at radius 2 is 0.300 bits per heavy atom. The van der Waals surface area contributed by atoms with Crippen LogP contribution >= 0.6 is 0 Å². The van der Waals surface area contributed by atoms with E-state index in [1.807, 2.05) is 127 Å². The van der Waals surface area contributed by atoms with Crippen LogP contribution < -0.4 is 99.5 Å². The lowest BCUT2D eigenvalue weighted by Crippen LogP contribution is -2.04. The fourth-order valence-electron chi connectivity index (χ4n) is 12.6. The van der Waals surface area contributed by atoms with Crippen LogP contribution in [-0.2, 0) is 79.1 Å². The van der Waals surface area contributed by atoms with Crippen molar-refractivity contribution in [3.8, 4) is 121 Å². The van der Waals surface area contributed by atoms with Gasteiger partial charge in [-0.05, 0) is 159 Å². The molecule has 0 radical (unpaired) electrons. The van der Waals surface area contributed by atoms with Crippen molar-refractivity contribution >= 4 is 0 Å². The van der Waals surface area contributed by atoms with E-state index in [9.17, 15) is 0 Å². The van der Waals surface area contributed by atoms with Gasteiger partial charge in [-0.15, -0.1) is 15.3 Å². The van der Waals surface area contributed by atoms with Crippen LogP contribution in [0.15, 0.2) is 201 Å². The summed E-state index contributed by atoms with van der Waals surface area (Å²) in [4.78, 5) is 0. The zero-order valence-corrected chi connectivity index (χ0v) is 68.6.